The summed E-state index contributed by atoms with van der Waals surface area (Å²) in [4.78, 5) is 4.82. The van der Waals surface area contributed by atoms with Crippen molar-refractivity contribution in [2.45, 2.75) is 87.0 Å². The first-order valence-electron chi connectivity index (χ1n) is 18.1. The molecule has 3 aromatic heterocycles. The second-order valence-electron chi connectivity index (χ2n) is 15.7. The zero-order valence-electron chi connectivity index (χ0n) is 32.0. The molecule has 0 radical (unpaired) electrons. The maximum Gasteiger partial charge on any atom is 2.00 e. The molecular formula is C46H48N4OPd. The number of nitrogens with zero attached hydrogens (tertiary/aromatic N) is 4. The number of para-hydroxylation sites is 1. The van der Waals surface area contributed by atoms with Crippen molar-refractivity contribution in [3.8, 4) is 34.1 Å². The van der Waals surface area contributed by atoms with Crippen molar-refractivity contribution in [1.29, 1.82) is 0 Å². The molecule has 0 spiro atoms. The van der Waals surface area contributed by atoms with Crippen molar-refractivity contribution in [3.05, 3.63) is 131 Å². The maximum atomic E-state index is 6.73. The van der Waals surface area contributed by atoms with Gasteiger partial charge in [-0.1, -0.05) is 90.4 Å². The predicted octanol–water partition coefficient (Wildman–Crippen LogP) is 12.0. The Labute approximate surface area is 322 Å². The Kier molecular flexibility index (Phi) is 10.4. The summed E-state index contributed by atoms with van der Waals surface area (Å²) in [5, 5.41) is 7.46. The monoisotopic (exact) mass is 778 g/mol. The molecule has 0 fully saturated rings. The molecule has 0 saturated carbocycles. The van der Waals surface area contributed by atoms with Crippen LogP contribution in [0, 0.1) is 38.8 Å². The van der Waals surface area contributed by atoms with E-state index in [1.54, 1.807) is 0 Å². The number of hydrogen-bond donors (Lipinski definition) is 0. The summed E-state index contributed by atoms with van der Waals surface area (Å²) in [6.45, 7) is 22.2. The molecule has 7 aromatic rings. The molecule has 0 bridgehead atoms. The first-order chi connectivity index (χ1) is 24.3. The van der Waals surface area contributed by atoms with Crippen LogP contribution in [0.2, 0.25) is 0 Å². The van der Waals surface area contributed by atoms with Crippen LogP contribution < -0.4 is 4.74 Å². The van der Waals surface area contributed by atoms with Gasteiger partial charge in [-0.2, -0.15) is 11.2 Å². The number of rotatable bonds is 8. The quantitative estimate of drug-likeness (QED) is 0.114. The SMILES string of the molecule is Cc1cccc(C)c1-c1c(C)nn(-c2[c-]c(Oc3[c-]c4c(cc3)c3ccccc3n4-c3cc(C(C)C)ccn3)cc(C(C)(C)C)c2)c1CC(C)C.[Pd+2]. The summed E-state index contributed by atoms with van der Waals surface area (Å²) in [6, 6.07) is 35.0. The molecule has 0 aliphatic rings. The van der Waals surface area contributed by atoms with Gasteiger partial charge in [0.05, 0.1) is 11.4 Å². The van der Waals surface area contributed by atoms with Crippen molar-refractivity contribution >= 4 is 21.8 Å². The van der Waals surface area contributed by atoms with Crippen LogP contribution in [0.15, 0.2) is 85.1 Å². The summed E-state index contributed by atoms with van der Waals surface area (Å²) < 4.78 is 11.0. The van der Waals surface area contributed by atoms with Crippen LogP contribution >= 0.6 is 0 Å². The Morgan fingerprint density at radius 2 is 1.50 bits per heavy atom. The van der Waals surface area contributed by atoms with E-state index < -0.39 is 0 Å². The molecule has 4 aromatic carbocycles. The van der Waals surface area contributed by atoms with Gasteiger partial charge >= 0.3 is 20.4 Å². The van der Waals surface area contributed by atoms with E-state index in [1.165, 1.54) is 33.5 Å². The van der Waals surface area contributed by atoms with E-state index in [0.29, 0.717) is 23.3 Å². The predicted molar refractivity (Wildman–Crippen MR) is 211 cm³/mol. The number of pyridine rings is 1. The minimum absolute atomic E-state index is 0. The molecule has 0 amide bonds. The van der Waals surface area contributed by atoms with E-state index in [-0.39, 0.29) is 25.8 Å². The van der Waals surface area contributed by atoms with Gasteiger partial charge in [0.25, 0.3) is 0 Å². The number of fused-ring (bicyclic) bond motifs is 3. The van der Waals surface area contributed by atoms with Crippen LogP contribution in [0.25, 0.3) is 44.4 Å². The topological polar surface area (TPSA) is 44.9 Å². The molecule has 3 heterocycles. The average molecular weight is 779 g/mol. The average Bonchev–Trinajstić information content (AvgIpc) is 3.57. The Bertz CT molecular complexity index is 2390. The van der Waals surface area contributed by atoms with Gasteiger partial charge in [-0.05, 0) is 96.0 Å². The summed E-state index contributed by atoms with van der Waals surface area (Å²) in [7, 11) is 0. The Morgan fingerprint density at radius 3 is 2.19 bits per heavy atom. The molecule has 268 valence electrons. The standard InChI is InChI=1S/C46H48N4O.Pd/c1-28(2)22-42-45(44-30(5)14-13-15-31(44)6)32(7)48-50(42)35-24-34(46(8,9)10)25-37(26-35)51-36-18-19-39-38-16-11-12-17-40(38)49(41(39)27-36)43-23-33(29(3)4)20-21-47-43;/h11-21,23-25,28-29H,22H2,1-10H3;/q-2;+2. The summed E-state index contributed by atoms with van der Waals surface area (Å²) in [6.07, 6.45) is 2.78. The molecular weight excluding hydrogens is 731 g/mol. The molecule has 0 unspecified atom stereocenters. The van der Waals surface area contributed by atoms with Crippen LogP contribution in [-0.4, -0.2) is 19.3 Å². The van der Waals surface area contributed by atoms with Crippen LogP contribution in [0.1, 0.15) is 88.0 Å². The largest absolute Gasteiger partial charge is 2.00 e. The van der Waals surface area contributed by atoms with E-state index >= 15 is 0 Å². The van der Waals surface area contributed by atoms with Crippen molar-refractivity contribution in [2.75, 3.05) is 0 Å². The molecule has 0 aliphatic heterocycles. The molecule has 0 atom stereocenters. The third-order valence-corrected chi connectivity index (χ3v) is 9.86. The first-order valence-corrected chi connectivity index (χ1v) is 18.1. The Morgan fingerprint density at radius 1 is 0.769 bits per heavy atom. The number of benzene rings is 4. The molecule has 0 N–H and O–H groups in total. The van der Waals surface area contributed by atoms with E-state index in [9.17, 15) is 0 Å². The number of aryl methyl sites for hydroxylation is 3. The zero-order valence-corrected chi connectivity index (χ0v) is 33.5. The zero-order chi connectivity index (χ0) is 36.2. The van der Waals surface area contributed by atoms with Crippen LogP contribution in [0.3, 0.4) is 0 Å². The van der Waals surface area contributed by atoms with Gasteiger partial charge in [-0.25, -0.2) is 4.98 Å². The number of ether oxygens (including phenoxy) is 1. The Hall–Kier alpha value is -4.50. The molecule has 0 saturated heterocycles. The second kappa shape index (κ2) is 14.5. The fourth-order valence-corrected chi connectivity index (χ4v) is 7.22. The fourth-order valence-electron chi connectivity index (χ4n) is 7.22. The van der Waals surface area contributed by atoms with Crippen molar-refractivity contribution in [2.24, 2.45) is 5.92 Å². The third kappa shape index (κ3) is 7.00. The Balaban J connectivity index is 0.00000464. The molecule has 0 aliphatic carbocycles. The van der Waals surface area contributed by atoms with Crippen LogP contribution in [0.4, 0.5) is 0 Å². The van der Waals surface area contributed by atoms with Crippen molar-refractivity contribution in [3.63, 3.8) is 0 Å². The van der Waals surface area contributed by atoms with Crippen molar-refractivity contribution < 1.29 is 25.2 Å². The van der Waals surface area contributed by atoms with E-state index in [0.717, 1.165) is 51.0 Å². The summed E-state index contributed by atoms with van der Waals surface area (Å²) in [5.41, 5.74) is 12.4. The van der Waals surface area contributed by atoms with Crippen LogP contribution in [-0.2, 0) is 32.3 Å². The second-order valence-corrected chi connectivity index (χ2v) is 15.7. The van der Waals surface area contributed by atoms with E-state index in [4.69, 9.17) is 14.8 Å². The van der Waals surface area contributed by atoms with Gasteiger partial charge in [0.15, 0.2) is 0 Å². The van der Waals surface area contributed by atoms with Crippen LogP contribution in [0.5, 0.6) is 11.5 Å². The third-order valence-electron chi connectivity index (χ3n) is 9.86. The summed E-state index contributed by atoms with van der Waals surface area (Å²) >= 11 is 0. The fraction of sp³-hybridized carbons (Fsp3) is 0.304. The van der Waals surface area contributed by atoms with Gasteiger partial charge in [0, 0.05) is 28.8 Å². The first kappa shape index (κ1) is 37.3. The number of hydrogen-bond acceptors (Lipinski definition) is 3. The maximum absolute atomic E-state index is 6.73. The minimum atomic E-state index is -0.134. The smallest absolute Gasteiger partial charge is 0.509 e. The van der Waals surface area contributed by atoms with Gasteiger partial charge in [0.1, 0.15) is 5.82 Å². The van der Waals surface area contributed by atoms with Gasteiger partial charge in [-0.15, -0.1) is 41.3 Å². The number of aromatic nitrogens is 4. The minimum Gasteiger partial charge on any atom is -0.509 e. The van der Waals surface area contributed by atoms with E-state index in [1.807, 2.05) is 12.3 Å². The normalized spacial score (nSPS) is 11.9. The van der Waals surface area contributed by atoms with E-state index in [2.05, 4.69) is 163 Å². The summed E-state index contributed by atoms with van der Waals surface area (Å²) in [5.74, 6) is 2.95. The molecule has 7 rings (SSSR count). The molecule has 6 heteroatoms. The molecule has 5 nitrogen and oxygen atoms in total. The van der Waals surface area contributed by atoms with Gasteiger partial charge in [0.2, 0.25) is 0 Å². The molecule has 52 heavy (non-hydrogen) atoms. The van der Waals surface area contributed by atoms with Gasteiger partial charge in [-0.3, -0.25) is 4.68 Å². The van der Waals surface area contributed by atoms with Crippen molar-refractivity contribution in [1.82, 2.24) is 19.3 Å². The van der Waals surface area contributed by atoms with Gasteiger partial charge < -0.3 is 9.30 Å².